The average molecular weight is 357 g/mol. The number of nitrogens with one attached hydrogen (secondary N) is 2. The number of rotatable bonds is 8. The van der Waals surface area contributed by atoms with Gasteiger partial charge in [-0.05, 0) is 53.4 Å². The summed E-state index contributed by atoms with van der Waals surface area (Å²) in [4.78, 5) is 18.8. The number of amides is 1. The smallest absolute Gasteiger partial charge is 0.407 e. The van der Waals surface area contributed by atoms with E-state index in [1.807, 2.05) is 20.8 Å². The minimum atomic E-state index is -0.471. The van der Waals surface area contributed by atoms with E-state index in [-0.39, 0.29) is 12.1 Å². The highest BCUT2D eigenvalue weighted by atomic mass is 16.6. The van der Waals surface area contributed by atoms with E-state index in [1.54, 1.807) is 7.11 Å². The Hall–Kier alpha value is -1.50. The first kappa shape index (κ1) is 21.5. The molecule has 1 heterocycles. The van der Waals surface area contributed by atoms with Crippen molar-refractivity contribution in [2.75, 3.05) is 39.9 Å². The number of hydrogen-bond acceptors (Lipinski definition) is 4. The van der Waals surface area contributed by atoms with Crippen LogP contribution in [0.2, 0.25) is 0 Å². The fourth-order valence-corrected chi connectivity index (χ4v) is 2.69. The summed E-state index contributed by atoms with van der Waals surface area (Å²) in [6, 6.07) is 0.0976. The van der Waals surface area contributed by atoms with Crippen molar-refractivity contribution in [1.29, 1.82) is 0 Å². The molecule has 0 radical (unpaired) electrons. The van der Waals surface area contributed by atoms with E-state index in [2.05, 4.69) is 22.5 Å². The van der Waals surface area contributed by atoms with Gasteiger partial charge in [0.1, 0.15) is 5.60 Å². The molecule has 0 spiro atoms. The van der Waals surface area contributed by atoms with Crippen LogP contribution in [0, 0.1) is 0 Å². The first-order chi connectivity index (χ1) is 11.9. The highest BCUT2D eigenvalue weighted by Gasteiger charge is 2.27. The summed E-state index contributed by atoms with van der Waals surface area (Å²) in [6.45, 7) is 11.8. The molecule has 0 aromatic carbocycles. The summed E-state index contributed by atoms with van der Waals surface area (Å²) in [5.41, 5.74) is -0.471. The van der Waals surface area contributed by atoms with Gasteiger partial charge in [0.25, 0.3) is 0 Å². The lowest BCUT2D eigenvalue weighted by atomic mass is 10.2. The van der Waals surface area contributed by atoms with Crippen LogP contribution in [0.25, 0.3) is 0 Å². The van der Waals surface area contributed by atoms with Crippen molar-refractivity contribution in [1.82, 2.24) is 15.5 Å². The van der Waals surface area contributed by atoms with Gasteiger partial charge in [-0.25, -0.2) is 4.79 Å². The quantitative estimate of drug-likeness (QED) is 0.397. The number of alkyl carbamates (subject to hydrolysis) is 1. The Morgan fingerprint density at radius 1 is 1.28 bits per heavy atom. The molecule has 2 N–H and O–H groups in total. The van der Waals surface area contributed by atoms with Crippen molar-refractivity contribution >= 4 is 12.1 Å². The lowest BCUT2D eigenvalue weighted by Crippen LogP contribution is -2.44. The zero-order chi connectivity index (χ0) is 18.7. The minimum absolute atomic E-state index is 0.0976. The summed E-state index contributed by atoms with van der Waals surface area (Å²) in [6.07, 6.45) is 3.82. The Labute approximate surface area is 152 Å². The predicted octanol–water partition coefficient (Wildman–Crippen LogP) is 2.37. The van der Waals surface area contributed by atoms with Gasteiger partial charge in [0.2, 0.25) is 0 Å². The number of ether oxygens (including phenoxy) is 2. The maximum Gasteiger partial charge on any atom is 0.407 e. The number of hydrogen-bond donors (Lipinski definition) is 2. The van der Waals surface area contributed by atoms with Crippen LogP contribution in [-0.4, -0.2) is 68.5 Å². The highest BCUT2D eigenvalue weighted by Crippen LogP contribution is 2.12. The van der Waals surface area contributed by atoms with Crippen LogP contribution in [0.5, 0.6) is 0 Å². The first-order valence-corrected chi connectivity index (χ1v) is 9.37. The molecule has 146 valence electrons. The number of carbonyl (C=O) groups excluding carboxylic acids is 1. The molecule has 0 saturated carbocycles. The molecular weight excluding hydrogens is 320 g/mol. The molecule has 1 rings (SSSR count). The lowest BCUT2D eigenvalue weighted by Gasteiger charge is -2.23. The zero-order valence-electron chi connectivity index (χ0n) is 16.6. The minimum Gasteiger partial charge on any atom is -0.444 e. The summed E-state index contributed by atoms with van der Waals surface area (Å²) in [5, 5.41) is 6.30. The van der Waals surface area contributed by atoms with Crippen molar-refractivity contribution < 1.29 is 14.3 Å². The molecule has 25 heavy (non-hydrogen) atoms. The van der Waals surface area contributed by atoms with E-state index < -0.39 is 5.60 Å². The highest BCUT2D eigenvalue weighted by molar-refractivity contribution is 5.80. The molecule has 1 fully saturated rings. The Morgan fingerprint density at radius 2 is 2.04 bits per heavy atom. The van der Waals surface area contributed by atoms with Gasteiger partial charge in [-0.2, -0.15) is 0 Å². The SMILES string of the molecule is CCNC(=NCCCCCOC)N1CCC(NC(=O)OC(C)(C)C)C1. The van der Waals surface area contributed by atoms with Gasteiger partial charge < -0.3 is 25.0 Å². The number of nitrogens with zero attached hydrogens (tertiary/aromatic N) is 2. The number of carbonyl (C=O) groups is 1. The van der Waals surface area contributed by atoms with Crippen molar-refractivity contribution in [2.24, 2.45) is 4.99 Å². The molecule has 0 aromatic heterocycles. The second kappa shape index (κ2) is 11.2. The Morgan fingerprint density at radius 3 is 2.68 bits per heavy atom. The normalized spacial score (nSPS) is 18.4. The van der Waals surface area contributed by atoms with Gasteiger partial charge in [0, 0.05) is 39.9 Å². The van der Waals surface area contributed by atoms with Crippen LogP contribution in [0.3, 0.4) is 0 Å². The molecule has 1 unspecified atom stereocenters. The van der Waals surface area contributed by atoms with Crippen LogP contribution in [0.15, 0.2) is 4.99 Å². The van der Waals surface area contributed by atoms with Gasteiger partial charge in [-0.1, -0.05) is 0 Å². The van der Waals surface area contributed by atoms with Crippen LogP contribution in [0.4, 0.5) is 4.79 Å². The van der Waals surface area contributed by atoms with Gasteiger partial charge in [0.15, 0.2) is 5.96 Å². The summed E-state index contributed by atoms with van der Waals surface area (Å²) in [5.74, 6) is 0.933. The van der Waals surface area contributed by atoms with E-state index in [0.717, 1.165) is 64.4 Å². The second-order valence-corrected chi connectivity index (χ2v) is 7.37. The summed E-state index contributed by atoms with van der Waals surface area (Å²) < 4.78 is 10.4. The third-order valence-electron chi connectivity index (χ3n) is 3.81. The molecule has 0 aliphatic carbocycles. The van der Waals surface area contributed by atoms with Crippen molar-refractivity contribution in [2.45, 2.75) is 65.0 Å². The molecule has 0 aromatic rings. The summed E-state index contributed by atoms with van der Waals surface area (Å²) >= 11 is 0. The summed E-state index contributed by atoms with van der Waals surface area (Å²) in [7, 11) is 1.73. The Kier molecular flexibility index (Phi) is 9.63. The van der Waals surface area contributed by atoms with Crippen molar-refractivity contribution in [3.63, 3.8) is 0 Å². The third-order valence-corrected chi connectivity index (χ3v) is 3.81. The molecular formula is C18H36N4O3. The molecule has 1 saturated heterocycles. The molecule has 1 atom stereocenters. The third kappa shape index (κ3) is 9.53. The largest absolute Gasteiger partial charge is 0.444 e. The van der Waals surface area contributed by atoms with Gasteiger partial charge >= 0.3 is 6.09 Å². The first-order valence-electron chi connectivity index (χ1n) is 9.37. The van der Waals surface area contributed by atoms with Crippen LogP contribution in [-0.2, 0) is 9.47 Å². The number of aliphatic imine (C=N–C) groups is 1. The van der Waals surface area contributed by atoms with E-state index in [1.165, 1.54) is 0 Å². The van der Waals surface area contributed by atoms with Gasteiger partial charge in [-0.15, -0.1) is 0 Å². The molecule has 7 heteroatoms. The van der Waals surface area contributed by atoms with Crippen LogP contribution in [0.1, 0.15) is 53.4 Å². The van der Waals surface area contributed by atoms with Gasteiger partial charge in [-0.3, -0.25) is 4.99 Å². The van der Waals surface area contributed by atoms with E-state index in [9.17, 15) is 4.79 Å². The average Bonchev–Trinajstić information content (AvgIpc) is 2.95. The standard InChI is InChI=1S/C18H36N4O3/c1-6-19-16(20-11-8-7-9-13-24-5)22-12-10-15(14-22)21-17(23)25-18(2,3)4/h15H,6-14H2,1-5H3,(H,19,20)(H,21,23). The second-order valence-electron chi connectivity index (χ2n) is 7.37. The molecule has 0 bridgehead atoms. The zero-order valence-corrected chi connectivity index (χ0v) is 16.6. The van der Waals surface area contributed by atoms with E-state index in [4.69, 9.17) is 14.5 Å². The molecule has 1 aliphatic heterocycles. The Balaban J connectivity index is 2.41. The molecule has 1 amide bonds. The fraction of sp³-hybridized carbons (Fsp3) is 0.889. The van der Waals surface area contributed by atoms with E-state index in [0.29, 0.717) is 0 Å². The number of methoxy groups -OCH3 is 1. The monoisotopic (exact) mass is 356 g/mol. The topological polar surface area (TPSA) is 75.2 Å². The number of likely N-dealkylation sites (tertiary alicyclic amines) is 1. The number of guanidine groups is 1. The van der Waals surface area contributed by atoms with E-state index >= 15 is 0 Å². The maximum absolute atomic E-state index is 11.9. The van der Waals surface area contributed by atoms with Crippen molar-refractivity contribution in [3.8, 4) is 0 Å². The van der Waals surface area contributed by atoms with Crippen LogP contribution >= 0.6 is 0 Å². The van der Waals surface area contributed by atoms with Crippen molar-refractivity contribution in [3.05, 3.63) is 0 Å². The Bertz CT molecular complexity index is 421. The molecule has 7 nitrogen and oxygen atoms in total. The maximum atomic E-state index is 11.9. The molecule has 1 aliphatic rings. The van der Waals surface area contributed by atoms with Gasteiger partial charge in [0.05, 0.1) is 6.04 Å². The predicted molar refractivity (Wildman–Crippen MR) is 101 cm³/mol. The lowest BCUT2D eigenvalue weighted by molar-refractivity contribution is 0.0507. The fourth-order valence-electron chi connectivity index (χ4n) is 2.69. The van der Waals surface area contributed by atoms with Crippen LogP contribution < -0.4 is 10.6 Å². The number of unbranched alkanes of at least 4 members (excludes halogenated alkanes) is 2.